The van der Waals surface area contributed by atoms with Gasteiger partial charge in [0.1, 0.15) is 0 Å². The Hall–Kier alpha value is -2.44. The number of hydrogen-bond donors (Lipinski definition) is 1. The fraction of sp³-hybridized carbons (Fsp3) is 0.300. The molecule has 1 fully saturated rings. The first-order chi connectivity index (χ1) is 12.8. The molecule has 2 aromatic heterocycles. The van der Waals surface area contributed by atoms with E-state index in [1.165, 1.54) is 10.8 Å². The minimum Gasteiger partial charge on any atom is -0.381 e. The standard InChI is InChI=1S/C20H20N4OS/c1-2-4-16-11-17(6-5-15(16)3-1)18-13-24-20(22-18)26-19(23-24)21-12-14-7-9-25-10-8-14/h1-6,11,13-14H,7-10,12H2,(H,21,23). The maximum absolute atomic E-state index is 5.41. The maximum Gasteiger partial charge on any atom is 0.214 e. The molecule has 5 nitrogen and oxygen atoms in total. The van der Waals surface area contributed by atoms with Crippen LogP contribution in [0.25, 0.3) is 27.0 Å². The maximum atomic E-state index is 5.41. The third kappa shape index (κ3) is 3.06. The second-order valence-electron chi connectivity index (χ2n) is 6.76. The molecule has 26 heavy (non-hydrogen) atoms. The molecule has 0 spiro atoms. The van der Waals surface area contributed by atoms with Crippen molar-refractivity contribution in [3.63, 3.8) is 0 Å². The smallest absolute Gasteiger partial charge is 0.214 e. The molecule has 0 bridgehead atoms. The van der Waals surface area contributed by atoms with Crippen molar-refractivity contribution in [1.29, 1.82) is 0 Å². The summed E-state index contributed by atoms with van der Waals surface area (Å²) in [6.45, 7) is 2.71. The van der Waals surface area contributed by atoms with Crippen molar-refractivity contribution in [3.8, 4) is 11.3 Å². The van der Waals surface area contributed by atoms with Gasteiger partial charge in [-0.2, -0.15) is 0 Å². The van der Waals surface area contributed by atoms with Gasteiger partial charge in [-0.25, -0.2) is 9.50 Å². The highest BCUT2D eigenvalue weighted by Gasteiger charge is 2.15. The quantitative estimate of drug-likeness (QED) is 0.581. The van der Waals surface area contributed by atoms with Gasteiger partial charge in [0.25, 0.3) is 0 Å². The van der Waals surface area contributed by atoms with Crippen molar-refractivity contribution < 1.29 is 4.74 Å². The van der Waals surface area contributed by atoms with E-state index in [1.54, 1.807) is 11.3 Å². The zero-order valence-corrected chi connectivity index (χ0v) is 15.2. The van der Waals surface area contributed by atoms with E-state index >= 15 is 0 Å². The fourth-order valence-electron chi connectivity index (χ4n) is 3.44. The van der Waals surface area contributed by atoms with Gasteiger partial charge in [0.15, 0.2) is 0 Å². The topological polar surface area (TPSA) is 51.5 Å². The molecule has 0 unspecified atom stereocenters. The monoisotopic (exact) mass is 364 g/mol. The number of rotatable bonds is 4. The lowest BCUT2D eigenvalue weighted by Crippen LogP contribution is -2.22. The number of hydrogen-bond acceptors (Lipinski definition) is 5. The van der Waals surface area contributed by atoms with Gasteiger partial charge in [0, 0.05) is 25.3 Å². The molecule has 132 valence electrons. The third-order valence-electron chi connectivity index (χ3n) is 4.97. The third-order valence-corrected chi connectivity index (χ3v) is 5.85. The first kappa shape index (κ1) is 15.8. The highest BCUT2D eigenvalue weighted by atomic mass is 32.1. The summed E-state index contributed by atoms with van der Waals surface area (Å²) in [6.07, 6.45) is 4.26. The molecule has 0 atom stereocenters. The van der Waals surface area contributed by atoms with Crippen LogP contribution in [0.15, 0.2) is 48.7 Å². The fourth-order valence-corrected chi connectivity index (χ4v) is 4.23. The molecule has 0 saturated carbocycles. The molecule has 4 aromatic rings. The van der Waals surface area contributed by atoms with Gasteiger partial charge in [0.05, 0.1) is 11.9 Å². The number of imidazole rings is 1. The molecule has 1 aliphatic heterocycles. The van der Waals surface area contributed by atoms with E-state index in [0.717, 1.165) is 53.9 Å². The van der Waals surface area contributed by atoms with Crippen molar-refractivity contribution >= 4 is 32.2 Å². The first-order valence-corrected chi connectivity index (χ1v) is 9.84. The van der Waals surface area contributed by atoms with E-state index in [2.05, 4.69) is 52.9 Å². The van der Waals surface area contributed by atoms with Crippen molar-refractivity contribution in [2.24, 2.45) is 5.92 Å². The Morgan fingerprint density at radius 3 is 2.81 bits per heavy atom. The average molecular weight is 364 g/mol. The molecule has 5 rings (SSSR count). The Morgan fingerprint density at radius 2 is 1.96 bits per heavy atom. The van der Waals surface area contributed by atoms with Crippen LogP contribution in [-0.4, -0.2) is 34.4 Å². The lowest BCUT2D eigenvalue weighted by atomic mass is 10.0. The lowest BCUT2D eigenvalue weighted by Gasteiger charge is -2.21. The highest BCUT2D eigenvalue weighted by Crippen LogP contribution is 2.27. The van der Waals surface area contributed by atoms with Gasteiger partial charge in [0.2, 0.25) is 10.1 Å². The van der Waals surface area contributed by atoms with Crippen LogP contribution in [0.3, 0.4) is 0 Å². The zero-order valence-electron chi connectivity index (χ0n) is 14.4. The molecule has 2 aromatic carbocycles. The van der Waals surface area contributed by atoms with Gasteiger partial charge in [-0.15, -0.1) is 5.10 Å². The van der Waals surface area contributed by atoms with Crippen LogP contribution in [0.4, 0.5) is 5.13 Å². The second-order valence-corrected chi connectivity index (χ2v) is 7.72. The minimum absolute atomic E-state index is 0.674. The van der Waals surface area contributed by atoms with Gasteiger partial charge >= 0.3 is 0 Å². The average Bonchev–Trinajstić information content (AvgIpc) is 3.26. The van der Waals surface area contributed by atoms with Gasteiger partial charge in [-0.1, -0.05) is 47.7 Å². The van der Waals surface area contributed by atoms with E-state index < -0.39 is 0 Å². The number of aromatic nitrogens is 3. The van der Waals surface area contributed by atoms with Crippen LogP contribution in [0.2, 0.25) is 0 Å². The molecule has 0 radical (unpaired) electrons. The number of ether oxygens (including phenoxy) is 1. The van der Waals surface area contributed by atoms with E-state index in [9.17, 15) is 0 Å². The molecule has 0 amide bonds. The summed E-state index contributed by atoms with van der Waals surface area (Å²) >= 11 is 1.60. The van der Waals surface area contributed by atoms with E-state index in [-0.39, 0.29) is 0 Å². The van der Waals surface area contributed by atoms with Crippen molar-refractivity contribution in [2.45, 2.75) is 12.8 Å². The molecule has 1 N–H and O–H groups in total. The Morgan fingerprint density at radius 1 is 1.12 bits per heavy atom. The highest BCUT2D eigenvalue weighted by molar-refractivity contribution is 7.20. The molecular weight excluding hydrogens is 344 g/mol. The van der Waals surface area contributed by atoms with E-state index in [4.69, 9.17) is 9.72 Å². The van der Waals surface area contributed by atoms with Crippen LogP contribution in [-0.2, 0) is 4.74 Å². The van der Waals surface area contributed by atoms with Gasteiger partial charge in [-0.05, 0) is 35.6 Å². The van der Waals surface area contributed by atoms with Crippen LogP contribution < -0.4 is 5.32 Å². The van der Waals surface area contributed by atoms with Crippen LogP contribution in [0.5, 0.6) is 0 Å². The number of benzene rings is 2. The SMILES string of the molecule is c1ccc2cc(-c3cn4nc(NCC5CCOCC5)sc4n3)ccc2c1. The summed E-state index contributed by atoms with van der Waals surface area (Å²) in [5.41, 5.74) is 2.09. The Kier molecular flexibility index (Phi) is 4.07. The first-order valence-electron chi connectivity index (χ1n) is 9.02. The van der Waals surface area contributed by atoms with Crippen LogP contribution in [0, 0.1) is 5.92 Å². The largest absolute Gasteiger partial charge is 0.381 e. The van der Waals surface area contributed by atoms with Gasteiger partial charge in [-0.3, -0.25) is 0 Å². The summed E-state index contributed by atoms with van der Waals surface area (Å²) in [6, 6.07) is 14.8. The molecular formula is C20H20N4OS. The summed E-state index contributed by atoms with van der Waals surface area (Å²) in [5, 5.41) is 11.5. The van der Waals surface area contributed by atoms with Crippen LogP contribution in [0.1, 0.15) is 12.8 Å². The summed E-state index contributed by atoms with van der Waals surface area (Å²) in [7, 11) is 0. The summed E-state index contributed by atoms with van der Waals surface area (Å²) < 4.78 is 7.29. The Bertz CT molecular complexity index is 1020. The molecule has 0 aliphatic carbocycles. The normalized spacial score (nSPS) is 15.7. The molecule has 1 aliphatic rings. The number of anilines is 1. The van der Waals surface area contributed by atoms with E-state index in [0.29, 0.717) is 5.92 Å². The number of nitrogens with one attached hydrogen (secondary N) is 1. The van der Waals surface area contributed by atoms with E-state index in [1.807, 2.05) is 10.7 Å². The summed E-state index contributed by atoms with van der Waals surface area (Å²) in [4.78, 5) is 5.68. The van der Waals surface area contributed by atoms with Crippen LogP contribution >= 0.6 is 11.3 Å². The number of fused-ring (bicyclic) bond motifs is 2. The Balaban J connectivity index is 1.35. The minimum atomic E-state index is 0.674. The Labute approximate surface area is 155 Å². The van der Waals surface area contributed by atoms with Gasteiger partial charge < -0.3 is 10.1 Å². The molecule has 6 heteroatoms. The van der Waals surface area contributed by atoms with Crippen molar-refractivity contribution in [2.75, 3.05) is 25.1 Å². The summed E-state index contributed by atoms with van der Waals surface area (Å²) in [5.74, 6) is 0.674. The van der Waals surface area contributed by atoms with Crippen molar-refractivity contribution in [3.05, 3.63) is 48.7 Å². The molecule has 1 saturated heterocycles. The number of nitrogens with zero attached hydrogens (tertiary/aromatic N) is 3. The predicted octanol–water partition coefficient (Wildman–Crippen LogP) is 4.45. The second kappa shape index (κ2) is 6.70. The molecule has 3 heterocycles. The predicted molar refractivity (Wildman–Crippen MR) is 106 cm³/mol. The lowest BCUT2D eigenvalue weighted by molar-refractivity contribution is 0.0699. The van der Waals surface area contributed by atoms with Crippen molar-refractivity contribution in [1.82, 2.24) is 14.6 Å². The zero-order chi connectivity index (χ0) is 17.3.